The summed E-state index contributed by atoms with van der Waals surface area (Å²) in [5, 5.41) is 2.84. The average molecular weight is 245 g/mol. The van der Waals surface area contributed by atoms with E-state index < -0.39 is 6.10 Å². The lowest BCUT2D eigenvalue weighted by atomic mass is 10.1. The van der Waals surface area contributed by atoms with E-state index in [0.717, 1.165) is 13.0 Å². The molecule has 17 heavy (non-hydrogen) atoms. The van der Waals surface area contributed by atoms with Crippen molar-refractivity contribution in [2.45, 2.75) is 45.8 Å². The molecule has 0 aromatic rings. The van der Waals surface area contributed by atoms with Gasteiger partial charge in [0.25, 0.3) is 5.91 Å². The molecule has 0 saturated carbocycles. The molecule has 0 bridgehead atoms. The minimum Gasteiger partial charge on any atom is -0.354 e. The standard InChI is InChI=1S/C12H27N3O2/c1-10(17-14-12(2,3)4)11(16)13-8-7-9-15(5)6/h10,14H,7-9H2,1-6H3,(H,13,16). The highest BCUT2D eigenvalue weighted by molar-refractivity contribution is 5.80. The summed E-state index contributed by atoms with van der Waals surface area (Å²) in [6, 6.07) is 0. The third-order valence-electron chi connectivity index (χ3n) is 1.99. The molecule has 0 aromatic carbocycles. The van der Waals surface area contributed by atoms with Crippen molar-refractivity contribution in [3.05, 3.63) is 0 Å². The van der Waals surface area contributed by atoms with Gasteiger partial charge < -0.3 is 10.2 Å². The van der Waals surface area contributed by atoms with Gasteiger partial charge in [-0.15, -0.1) is 0 Å². The summed E-state index contributed by atoms with van der Waals surface area (Å²) in [4.78, 5) is 19.0. The van der Waals surface area contributed by atoms with E-state index in [1.165, 1.54) is 0 Å². The van der Waals surface area contributed by atoms with Crippen molar-refractivity contribution >= 4 is 5.91 Å². The van der Waals surface area contributed by atoms with Gasteiger partial charge in [0, 0.05) is 12.1 Å². The van der Waals surface area contributed by atoms with E-state index >= 15 is 0 Å². The van der Waals surface area contributed by atoms with Crippen molar-refractivity contribution in [1.29, 1.82) is 0 Å². The molecule has 0 aliphatic rings. The average Bonchev–Trinajstić information content (AvgIpc) is 2.19. The summed E-state index contributed by atoms with van der Waals surface area (Å²) < 4.78 is 0. The number of hydrogen-bond donors (Lipinski definition) is 2. The van der Waals surface area contributed by atoms with Gasteiger partial charge >= 0.3 is 0 Å². The van der Waals surface area contributed by atoms with E-state index in [1.54, 1.807) is 6.92 Å². The first-order chi connectivity index (χ1) is 7.72. The topological polar surface area (TPSA) is 53.6 Å². The van der Waals surface area contributed by atoms with Gasteiger partial charge in [-0.2, -0.15) is 5.48 Å². The van der Waals surface area contributed by atoms with Crippen LogP contribution in [0.4, 0.5) is 0 Å². The minimum absolute atomic E-state index is 0.0829. The summed E-state index contributed by atoms with van der Waals surface area (Å²) in [6.45, 7) is 9.33. The maximum absolute atomic E-state index is 11.6. The summed E-state index contributed by atoms with van der Waals surface area (Å²) in [5.41, 5.74) is 2.69. The number of hydroxylamine groups is 1. The molecule has 2 N–H and O–H groups in total. The molecule has 0 aliphatic heterocycles. The number of amides is 1. The fourth-order valence-corrected chi connectivity index (χ4v) is 1.07. The van der Waals surface area contributed by atoms with E-state index in [1.807, 2.05) is 34.9 Å². The Bertz CT molecular complexity index is 224. The number of nitrogens with zero attached hydrogens (tertiary/aromatic N) is 1. The number of hydrogen-bond acceptors (Lipinski definition) is 4. The fourth-order valence-electron chi connectivity index (χ4n) is 1.07. The van der Waals surface area contributed by atoms with Gasteiger partial charge in [-0.05, 0) is 54.8 Å². The van der Waals surface area contributed by atoms with Crippen LogP contribution in [0.15, 0.2) is 0 Å². The predicted octanol–water partition coefficient (Wildman–Crippen LogP) is 0.763. The summed E-state index contributed by atoms with van der Waals surface area (Å²) in [6.07, 6.45) is 0.464. The first-order valence-electron chi connectivity index (χ1n) is 6.07. The van der Waals surface area contributed by atoms with Crippen LogP contribution in [0.2, 0.25) is 0 Å². The molecule has 1 unspecified atom stereocenters. The van der Waals surface area contributed by atoms with Crippen LogP contribution >= 0.6 is 0 Å². The van der Waals surface area contributed by atoms with Crippen molar-refractivity contribution in [1.82, 2.24) is 15.7 Å². The third kappa shape index (κ3) is 10.2. The lowest BCUT2D eigenvalue weighted by molar-refractivity contribution is -0.140. The van der Waals surface area contributed by atoms with E-state index in [-0.39, 0.29) is 11.4 Å². The molecule has 0 rings (SSSR count). The van der Waals surface area contributed by atoms with Crippen molar-refractivity contribution in [2.24, 2.45) is 0 Å². The van der Waals surface area contributed by atoms with Crippen LogP contribution in [0.3, 0.4) is 0 Å². The van der Waals surface area contributed by atoms with Crippen LogP contribution in [-0.2, 0) is 9.63 Å². The maximum Gasteiger partial charge on any atom is 0.250 e. The molecule has 1 amide bonds. The van der Waals surface area contributed by atoms with Crippen molar-refractivity contribution < 1.29 is 9.63 Å². The zero-order chi connectivity index (χ0) is 13.5. The largest absolute Gasteiger partial charge is 0.354 e. The van der Waals surface area contributed by atoms with E-state index in [0.29, 0.717) is 6.54 Å². The Balaban J connectivity index is 3.68. The number of rotatable bonds is 7. The molecule has 0 spiro atoms. The van der Waals surface area contributed by atoms with Crippen LogP contribution in [0, 0.1) is 0 Å². The van der Waals surface area contributed by atoms with Crippen LogP contribution in [-0.4, -0.2) is 49.6 Å². The monoisotopic (exact) mass is 245 g/mol. The first kappa shape index (κ1) is 16.4. The minimum atomic E-state index is -0.478. The van der Waals surface area contributed by atoms with Gasteiger partial charge in [-0.25, -0.2) is 0 Å². The Morgan fingerprint density at radius 3 is 2.41 bits per heavy atom. The third-order valence-corrected chi connectivity index (χ3v) is 1.99. The van der Waals surface area contributed by atoms with Gasteiger partial charge in [0.05, 0.1) is 0 Å². The Morgan fingerprint density at radius 1 is 1.35 bits per heavy atom. The maximum atomic E-state index is 11.6. The molecular formula is C12H27N3O2. The van der Waals surface area contributed by atoms with Crippen molar-refractivity contribution in [3.63, 3.8) is 0 Å². The second kappa shape index (κ2) is 7.63. The van der Waals surface area contributed by atoms with Gasteiger partial charge in [-0.1, -0.05) is 0 Å². The zero-order valence-electron chi connectivity index (χ0n) is 12.0. The molecule has 5 nitrogen and oxygen atoms in total. The van der Waals surface area contributed by atoms with Crippen LogP contribution in [0.5, 0.6) is 0 Å². The molecular weight excluding hydrogens is 218 g/mol. The van der Waals surface area contributed by atoms with E-state index in [9.17, 15) is 4.79 Å². The highest BCUT2D eigenvalue weighted by Crippen LogP contribution is 2.00. The van der Waals surface area contributed by atoms with Crippen molar-refractivity contribution in [3.8, 4) is 0 Å². The number of carbonyl (C=O) groups excluding carboxylic acids is 1. The Kier molecular flexibility index (Phi) is 7.34. The molecule has 0 radical (unpaired) electrons. The lowest BCUT2D eigenvalue weighted by Crippen LogP contribution is -2.44. The molecule has 5 heteroatoms. The zero-order valence-corrected chi connectivity index (χ0v) is 12.0. The van der Waals surface area contributed by atoms with Gasteiger partial charge in [0.2, 0.25) is 0 Å². The molecule has 1 atom stereocenters. The second-order valence-corrected chi connectivity index (χ2v) is 5.56. The second-order valence-electron chi connectivity index (χ2n) is 5.56. The number of carbonyl (C=O) groups is 1. The lowest BCUT2D eigenvalue weighted by Gasteiger charge is -2.22. The smallest absolute Gasteiger partial charge is 0.250 e. The molecule has 0 fully saturated rings. The highest BCUT2D eigenvalue weighted by atomic mass is 16.7. The van der Waals surface area contributed by atoms with Gasteiger partial charge in [-0.3, -0.25) is 9.63 Å². The van der Waals surface area contributed by atoms with Gasteiger partial charge in [0.1, 0.15) is 0 Å². The summed E-state index contributed by atoms with van der Waals surface area (Å²) in [5.74, 6) is -0.0829. The molecule has 0 heterocycles. The highest BCUT2D eigenvalue weighted by Gasteiger charge is 2.16. The van der Waals surface area contributed by atoms with E-state index in [2.05, 4.69) is 15.7 Å². The normalized spacial score (nSPS) is 13.8. The van der Waals surface area contributed by atoms with Crippen LogP contribution in [0.25, 0.3) is 0 Å². The fraction of sp³-hybridized carbons (Fsp3) is 0.917. The predicted molar refractivity (Wildman–Crippen MR) is 69.6 cm³/mol. The SMILES string of the molecule is CC(ONC(C)(C)C)C(=O)NCCCN(C)C. The summed E-state index contributed by atoms with van der Waals surface area (Å²) >= 11 is 0. The Hall–Kier alpha value is -0.650. The molecule has 102 valence electrons. The number of nitrogens with one attached hydrogen (secondary N) is 2. The van der Waals surface area contributed by atoms with Crippen LogP contribution < -0.4 is 10.8 Å². The van der Waals surface area contributed by atoms with E-state index in [4.69, 9.17) is 4.84 Å². The first-order valence-corrected chi connectivity index (χ1v) is 6.07. The van der Waals surface area contributed by atoms with Crippen LogP contribution in [0.1, 0.15) is 34.1 Å². The van der Waals surface area contributed by atoms with Crippen molar-refractivity contribution in [2.75, 3.05) is 27.2 Å². The quantitative estimate of drug-likeness (QED) is 0.514. The summed E-state index contributed by atoms with van der Waals surface area (Å²) in [7, 11) is 4.03. The molecule has 0 aliphatic carbocycles. The molecule has 0 saturated heterocycles. The Morgan fingerprint density at radius 2 is 1.94 bits per heavy atom. The Labute approximate surface area is 105 Å². The van der Waals surface area contributed by atoms with Gasteiger partial charge in [0.15, 0.2) is 6.10 Å². The molecule has 0 aromatic heterocycles.